The van der Waals surface area contributed by atoms with Crippen molar-refractivity contribution >= 4 is 62.1 Å². The summed E-state index contributed by atoms with van der Waals surface area (Å²) < 4.78 is 4.83. The zero-order valence-electron chi connectivity index (χ0n) is 29.5. The summed E-state index contributed by atoms with van der Waals surface area (Å²) in [6.45, 7) is 4.88. The molecule has 0 N–H and O–H groups in total. The number of aromatic nitrogens is 4. The Labute approximate surface area is 308 Å². The van der Waals surface area contributed by atoms with E-state index in [4.69, 9.17) is 9.97 Å². The molecule has 0 atom stereocenters. The van der Waals surface area contributed by atoms with Gasteiger partial charge >= 0.3 is 0 Å². The number of hydrogen-bond donors (Lipinski definition) is 0. The highest BCUT2D eigenvalue weighted by Gasteiger charge is 2.41. The van der Waals surface area contributed by atoms with Gasteiger partial charge in [0.15, 0.2) is 5.82 Å². The number of benzene rings is 7. The summed E-state index contributed by atoms with van der Waals surface area (Å²) in [6, 6.07) is 61.2. The fourth-order valence-electron chi connectivity index (χ4n) is 8.95. The molecule has 53 heavy (non-hydrogen) atoms. The maximum Gasteiger partial charge on any atom is 0.162 e. The lowest BCUT2D eigenvalue weighted by atomic mass is 10.1. The molecule has 0 fully saturated rings. The van der Waals surface area contributed by atoms with E-state index < -0.39 is 8.07 Å². The van der Waals surface area contributed by atoms with E-state index in [2.05, 4.69) is 192 Å². The Hall–Kier alpha value is -6.56. The zero-order chi connectivity index (χ0) is 35.3. The van der Waals surface area contributed by atoms with Crippen molar-refractivity contribution in [1.82, 2.24) is 19.1 Å². The molecule has 0 saturated heterocycles. The molecule has 0 unspecified atom stereocenters. The van der Waals surface area contributed by atoms with Gasteiger partial charge in [-0.2, -0.15) is 0 Å². The van der Waals surface area contributed by atoms with E-state index in [1.807, 2.05) is 0 Å². The third-order valence-electron chi connectivity index (χ3n) is 11.3. The molecular weight excluding hydrogens is 661 g/mol. The molecular formula is C48H34N4Si. The predicted molar refractivity (Wildman–Crippen MR) is 224 cm³/mol. The summed E-state index contributed by atoms with van der Waals surface area (Å²) in [5, 5.41) is 7.68. The highest BCUT2D eigenvalue weighted by molar-refractivity contribution is 7.04. The van der Waals surface area contributed by atoms with Crippen LogP contribution in [0.25, 0.3) is 88.9 Å². The van der Waals surface area contributed by atoms with Crippen molar-refractivity contribution in [3.8, 4) is 45.3 Å². The van der Waals surface area contributed by atoms with Gasteiger partial charge < -0.3 is 9.13 Å². The van der Waals surface area contributed by atoms with Gasteiger partial charge in [0.2, 0.25) is 0 Å². The Bertz CT molecular complexity index is 3080. The van der Waals surface area contributed by atoms with Crippen molar-refractivity contribution in [2.45, 2.75) is 13.1 Å². The van der Waals surface area contributed by atoms with Gasteiger partial charge in [0.25, 0.3) is 0 Å². The van der Waals surface area contributed by atoms with Crippen molar-refractivity contribution < 1.29 is 0 Å². The molecule has 11 rings (SSSR count). The van der Waals surface area contributed by atoms with Crippen molar-refractivity contribution in [3.63, 3.8) is 0 Å². The van der Waals surface area contributed by atoms with E-state index >= 15 is 0 Å². The molecule has 0 bridgehead atoms. The summed E-state index contributed by atoms with van der Waals surface area (Å²) in [4.78, 5) is 11.0. The van der Waals surface area contributed by atoms with Gasteiger partial charge in [0.05, 0.1) is 39.1 Å². The van der Waals surface area contributed by atoms with Gasteiger partial charge in [-0.25, -0.2) is 9.97 Å². The largest absolute Gasteiger partial charge is 0.309 e. The number of fused-ring (bicyclic) bond motifs is 9. The maximum absolute atomic E-state index is 5.53. The average molecular weight is 695 g/mol. The Morgan fingerprint density at radius 2 is 0.981 bits per heavy atom. The lowest BCUT2D eigenvalue weighted by Gasteiger charge is -2.22. The van der Waals surface area contributed by atoms with Crippen molar-refractivity contribution in [3.05, 3.63) is 170 Å². The Kier molecular flexibility index (Phi) is 6.37. The van der Waals surface area contributed by atoms with E-state index in [-0.39, 0.29) is 0 Å². The van der Waals surface area contributed by atoms with Gasteiger partial charge in [-0.1, -0.05) is 134 Å². The molecule has 0 spiro atoms. The number of nitrogens with zero attached hydrogens (tertiary/aromatic N) is 4. The molecule has 1 aliphatic rings. The third-order valence-corrected chi connectivity index (χ3v) is 14.8. The van der Waals surface area contributed by atoms with Crippen LogP contribution in [0, 0.1) is 0 Å². The van der Waals surface area contributed by atoms with Crippen molar-refractivity contribution in [1.29, 1.82) is 0 Å². The van der Waals surface area contributed by atoms with E-state index in [9.17, 15) is 0 Å². The zero-order valence-corrected chi connectivity index (χ0v) is 30.5. The minimum atomic E-state index is -2.08. The second kappa shape index (κ2) is 11.2. The molecule has 250 valence electrons. The molecule has 0 radical (unpaired) electrons. The fraction of sp³-hybridized carbons (Fsp3) is 0.0417. The van der Waals surface area contributed by atoms with Gasteiger partial charge in [-0.05, 0) is 64.5 Å². The van der Waals surface area contributed by atoms with E-state index in [1.165, 1.54) is 48.5 Å². The second-order valence-corrected chi connectivity index (χ2v) is 18.9. The highest BCUT2D eigenvalue weighted by Crippen LogP contribution is 2.41. The first-order chi connectivity index (χ1) is 26.1. The lowest BCUT2D eigenvalue weighted by molar-refractivity contribution is 1.14. The Balaban J connectivity index is 1.23. The molecule has 1 aliphatic heterocycles. The van der Waals surface area contributed by atoms with Crippen LogP contribution in [0.4, 0.5) is 0 Å². The minimum absolute atomic E-state index is 0.741. The number of rotatable bonds is 4. The Morgan fingerprint density at radius 3 is 1.72 bits per heavy atom. The topological polar surface area (TPSA) is 35.6 Å². The van der Waals surface area contributed by atoms with Crippen LogP contribution in [0.2, 0.25) is 13.1 Å². The van der Waals surface area contributed by atoms with Crippen LogP contribution >= 0.6 is 0 Å². The van der Waals surface area contributed by atoms with Crippen LogP contribution in [-0.2, 0) is 0 Å². The van der Waals surface area contributed by atoms with Crippen LogP contribution in [0.5, 0.6) is 0 Å². The third kappa shape index (κ3) is 4.29. The van der Waals surface area contributed by atoms with Crippen molar-refractivity contribution in [2.24, 2.45) is 0 Å². The predicted octanol–water partition coefficient (Wildman–Crippen LogP) is 10.8. The van der Waals surface area contributed by atoms with Gasteiger partial charge in [-0.15, -0.1) is 0 Å². The number of para-hydroxylation sites is 4. The summed E-state index contributed by atoms with van der Waals surface area (Å²) >= 11 is 0. The van der Waals surface area contributed by atoms with Crippen LogP contribution < -0.4 is 10.4 Å². The minimum Gasteiger partial charge on any atom is -0.309 e. The SMILES string of the molecule is C[Si]1(C)c2ccccc2-c2nc(-c3ccccc3-n3c4ccccc4c4cc5c6ccccc6n(-c6ccccc6)c5cc43)nc(-c3ccccc3)c21. The first kappa shape index (κ1) is 30.1. The average Bonchev–Trinajstić information content (AvgIpc) is 3.80. The van der Waals surface area contributed by atoms with Gasteiger partial charge in [0.1, 0.15) is 8.07 Å². The van der Waals surface area contributed by atoms with Crippen LogP contribution in [-0.4, -0.2) is 27.2 Å². The standard InChI is InChI=1S/C48H34N4Si/c1-53(2)44-28-16-12-24-36(44)46-47(53)45(31-17-5-3-6-18-31)49-48(50-46)35-23-11-15-27-41(35)52-40-26-14-10-22-34(40)38-29-37-33-21-9-13-25-39(33)51(42(37)30-43(38)52)32-19-7-4-8-20-32/h3-30H,1-2H3. The summed E-state index contributed by atoms with van der Waals surface area (Å²) in [5.74, 6) is 0.741. The van der Waals surface area contributed by atoms with E-state index in [1.54, 1.807) is 0 Å². The molecule has 10 aromatic rings. The first-order valence-corrected chi connectivity index (χ1v) is 21.3. The molecule has 0 amide bonds. The normalized spacial score (nSPS) is 13.2. The molecule has 7 aromatic carbocycles. The quantitative estimate of drug-likeness (QED) is 0.172. The maximum atomic E-state index is 5.53. The van der Waals surface area contributed by atoms with E-state index in [0.29, 0.717) is 0 Å². The van der Waals surface area contributed by atoms with Gasteiger partial charge in [0, 0.05) is 38.4 Å². The summed E-state index contributed by atoms with van der Waals surface area (Å²) in [7, 11) is -2.08. The van der Waals surface area contributed by atoms with Crippen LogP contribution in [0.3, 0.4) is 0 Å². The monoisotopic (exact) mass is 694 g/mol. The number of hydrogen-bond acceptors (Lipinski definition) is 2. The molecule has 0 aliphatic carbocycles. The van der Waals surface area contributed by atoms with E-state index in [0.717, 1.165) is 50.7 Å². The van der Waals surface area contributed by atoms with Crippen LogP contribution in [0.15, 0.2) is 170 Å². The Morgan fingerprint density at radius 1 is 0.434 bits per heavy atom. The summed E-state index contributed by atoms with van der Waals surface area (Å²) in [5.41, 5.74) is 12.4. The molecule has 5 heteroatoms. The fourth-order valence-corrected chi connectivity index (χ4v) is 12.2. The molecule has 3 aromatic heterocycles. The van der Waals surface area contributed by atoms with Gasteiger partial charge in [-0.3, -0.25) is 0 Å². The second-order valence-electron chi connectivity index (χ2n) is 14.6. The highest BCUT2D eigenvalue weighted by atomic mass is 28.3. The summed E-state index contributed by atoms with van der Waals surface area (Å²) in [6.07, 6.45) is 0. The molecule has 4 nitrogen and oxygen atoms in total. The lowest BCUT2D eigenvalue weighted by Crippen LogP contribution is -2.50. The van der Waals surface area contributed by atoms with Crippen LogP contribution in [0.1, 0.15) is 0 Å². The van der Waals surface area contributed by atoms with Crippen molar-refractivity contribution in [2.75, 3.05) is 0 Å². The molecule has 4 heterocycles. The molecule has 0 saturated carbocycles. The smallest absolute Gasteiger partial charge is 0.162 e. The first-order valence-electron chi connectivity index (χ1n) is 18.3.